The average Bonchev–Trinajstić information content (AvgIpc) is 3.36. The smallest absolute Gasteiger partial charge is 0.303 e. The van der Waals surface area contributed by atoms with Crippen LogP contribution in [0.2, 0.25) is 0 Å². The average molecular weight is 611 g/mol. The van der Waals surface area contributed by atoms with E-state index < -0.39 is 27.9 Å². The van der Waals surface area contributed by atoms with E-state index in [1.807, 2.05) is 6.92 Å². The van der Waals surface area contributed by atoms with E-state index in [0.717, 1.165) is 19.3 Å². The van der Waals surface area contributed by atoms with Crippen molar-refractivity contribution in [1.29, 1.82) is 0 Å². The third kappa shape index (κ3) is 8.29. The van der Waals surface area contributed by atoms with Crippen LogP contribution in [0.3, 0.4) is 0 Å². The maximum absolute atomic E-state index is 14.8. The molecule has 1 atom stereocenters. The van der Waals surface area contributed by atoms with E-state index in [0.29, 0.717) is 34.6 Å². The van der Waals surface area contributed by atoms with Crippen molar-refractivity contribution in [2.24, 2.45) is 5.92 Å². The van der Waals surface area contributed by atoms with Gasteiger partial charge in [0, 0.05) is 37.7 Å². The maximum Gasteiger partial charge on any atom is 0.303 e. The lowest BCUT2D eigenvalue weighted by molar-refractivity contribution is -0.136. The molecular weight excluding hydrogens is 567 g/mol. The Bertz CT molecular complexity index is 1530. The lowest BCUT2D eigenvalue weighted by Gasteiger charge is -2.31. The molecule has 0 amide bonds. The molecule has 9 heteroatoms. The zero-order valence-electron chi connectivity index (χ0n) is 25.4. The Labute approximate surface area is 254 Å². The molecule has 3 aromatic rings. The molecule has 0 spiro atoms. The number of rotatable bonds is 14. The number of sulfonamides is 1. The summed E-state index contributed by atoms with van der Waals surface area (Å²) in [6.45, 7) is 6.24. The summed E-state index contributed by atoms with van der Waals surface area (Å²) in [4.78, 5) is 11.1. The molecule has 0 radical (unpaired) electrons. The van der Waals surface area contributed by atoms with Crippen molar-refractivity contribution >= 4 is 16.0 Å². The van der Waals surface area contributed by atoms with Crippen molar-refractivity contribution in [3.05, 3.63) is 88.7 Å². The number of carboxylic acid groups (broad SMARTS) is 1. The lowest BCUT2D eigenvalue weighted by Crippen LogP contribution is -2.47. The predicted octanol–water partition coefficient (Wildman–Crippen LogP) is 5.23. The Morgan fingerprint density at radius 3 is 2.40 bits per heavy atom. The summed E-state index contributed by atoms with van der Waals surface area (Å²) in [6, 6.07) is 17.7. The molecule has 3 aromatic carbocycles. The first-order valence-electron chi connectivity index (χ1n) is 14.9. The van der Waals surface area contributed by atoms with Gasteiger partial charge in [0.2, 0.25) is 10.0 Å². The molecular formula is C34H43FN2O5S. The summed E-state index contributed by atoms with van der Waals surface area (Å²) in [7, 11) is -2.47. The third-order valence-corrected chi connectivity index (χ3v) is 10.2. The maximum atomic E-state index is 14.8. The van der Waals surface area contributed by atoms with Crippen molar-refractivity contribution in [3.8, 4) is 11.1 Å². The minimum Gasteiger partial charge on any atom is -0.481 e. The van der Waals surface area contributed by atoms with E-state index in [-0.39, 0.29) is 36.4 Å². The van der Waals surface area contributed by atoms with E-state index in [1.54, 1.807) is 24.3 Å². The number of hydrogen-bond acceptors (Lipinski definition) is 5. The second-order valence-corrected chi connectivity index (χ2v) is 14.3. The van der Waals surface area contributed by atoms with E-state index in [1.165, 1.54) is 34.6 Å². The van der Waals surface area contributed by atoms with Crippen LogP contribution in [0.25, 0.3) is 11.1 Å². The highest BCUT2D eigenvalue weighted by atomic mass is 32.2. The molecule has 1 unspecified atom stereocenters. The molecule has 0 aliphatic heterocycles. The van der Waals surface area contributed by atoms with Gasteiger partial charge in [0.15, 0.2) is 0 Å². The number of nitrogens with one attached hydrogen (secondary N) is 1. The number of carboxylic acids is 1. The Kier molecular flexibility index (Phi) is 10.4. The molecule has 0 saturated heterocycles. The summed E-state index contributed by atoms with van der Waals surface area (Å²) >= 11 is 0. The Hall–Kier alpha value is -3.11. The predicted molar refractivity (Wildman–Crippen MR) is 167 cm³/mol. The van der Waals surface area contributed by atoms with Crippen LogP contribution in [-0.4, -0.2) is 60.7 Å². The SMILES string of the molecule is CCc1cc(-c2cc(CCC(=O)O)ccc2F)ccc1S(=O)(=O)N(C)CC(O)CNC(C)(C)CC1Cc2ccccc2C1. The summed E-state index contributed by atoms with van der Waals surface area (Å²) in [5.41, 5.74) is 4.62. The third-order valence-electron chi connectivity index (χ3n) is 8.32. The van der Waals surface area contributed by atoms with Crippen LogP contribution in [0, 0.1) is 11.7 Å². The summed E-state index contributed by atoms with van der Waals surface area (Å²) < 4.78 is 43.1. The van der Waals surface area contributed by atoms with Crippen LogP contribution in [0.4, 0.5) is 4.39 Å². The molecule has 1 aliphatic carbocycles. The number of aliphatic hydroxyl groups excluding tert-OH is 1. The van der Waals surface area contributed by atoms with Gasteiger partial charge in [-0.15, -0.1) is 0 Å². The fourth-order valence-electron chi connectivity index (χ4n) is 6.08. The number of aryl methyl sites for hydroxylation is 2. The second kappa shape index (κ2) is 13.7. The van der Waals surface area contributed by atoms with Crippen molar-refractivity contribution in [3.63, 3.8) is 0 Å². The zero-order chi connectivity index (χ0) is 31.4. The number of likely N-dealkylation sites (N-methyl/N-ethyl adjacent to an activating group) is 1. The quantitative estimate of drug-likeness (QED) is 0.231. The minimum atomic E-state index is -3.93. The monoisotopic (exact) mass is 610 g/mol. The first-order chi connectivity index (χ1) is 20.3. The number of hydrogen-bond donors (Lipinski definition) is 3. The van der Waals surface area contributed by atoms with Crippen LogP contribution in [0.1, 0.15) is 55.9 Å². The van der Waals surface area contributed by atoms with Crippen molar-refractivity contribution in [2.75, 3.05) is 20.1 Å². The highest BCUT2D eigenvalue weighted by molar-refractivity contribution is 7.89. The molecule has 0 aromatic heterocycles. The minimum absolute atomic E-state index is 0.0665. The molecule has 3 N–H and O–H groups in total. The molecule has 4 rings (SSSR count). The van der Waals surface area contributed by atoms with Crippen molar-refractivity contribution in [2.45, 2.75) is 75.8 Å². The number of nitrogens with zero attached hydrogens (tertiary/aromatic N) is 1. The van der Waals surface area contributed by atoms with Crippen molar-refractivity contribution < 1.29 is 27.8 Å². The Balaban J connectivity index is 1.39. The van der Waals surface area contributed by atoms with Crippen LogP contribution < -0.4 is 5.32 Å². The van der Waals surface area contributed by atoms with Gasteiger partial charge >= 0.3 is 5.97 Å². The van der Waals surface area contributed by atoms with Crippen LogP contribution in [0.15, 0.2) is 65.6 Å². The van der Waals surface area contributed by atoms with Crippen LogP contribution >= 0.6 is 0 Å². The van der Waals surface area contributed by atoms with Gasteiger partial charge < -0.3 is 15.5 Å². The number of aliphatic carboxylic acids is 1. The molecule has 0 saturated carbocycles. The lowest BCUT2D eigenvalue weighted by atomic mass is 9.88. The molecule has 43 heavy (non-hydrogen) atoms. The first kappa shape index (κ1) is 32.8. The zero-order valence-corrected chi connectivity index (χ0v) is 26.3. The van der Waals surface area contributed by atoms with E-state index >= 15 is 0 Å². The fourth-order valence-corrected chi connectivity index (χ4v) is 7.56. The Morgan fingerprint density at radius 1 is 1.09 bits per heavy atom. The van der Waals surface area contributed by atoms with Crippen LogP contribution in [-0.2, 0) is 40.5 Å². The van der Waals surface area contributed by atoms with Gasteiger partial charge in [-0.3, -0.25) is 4.79 Å². The fraction of sp³-hybridized carbons (Fsp3) is 0.441. The van der Waals surface area contributed by atoms with Gasteiger partial charge in [-0.2, -0.15) is 4.31 Å². The number of halogens is 1. The van der Waals surface area contributed by atoms with Gasteiger partial charge in [-0.05, 0) is 104 Å². The van der Waals surface area contributed by atoms with E-state index in [2.05, 4.69) is 43.4 Å². The summed E-state index contributed by atoms with van der Waals surface area (Å²) in [6.07, 6.45) is 2.73. The molecule has 0 heterocycles. The summed E-state index contributed by atoms with van der Waals surface area (Å²) in [5.74, 6) is -0.876. The first-order valence-corrected chi connectivity index (χ1v) is 16.3. The van der Waals surface area contributed by atoms with Gasteiger partial charge in [0.05, 0.1) is 11.0 Å². The number of benzene rings is 3. The Morgan fingerprint density at radius 2 is 1.77 bits per heavy atom. The van der Waals surface area contributed by atoms with E-state index in [4.69, 9.17) is 5.11 Å². The van der Waals surface area contributed by atoms with Gasteiger partial charge in [0.1, 0.15) is 5.82 Å². The second-order valence-electron chi connectivity index (χ2n) is 12.3. The van der Waals surface area contributed by atoms with E-state index in [9.17, 15) is 22.7 Å². The molecule has 0 fully saturated rings. The normalized spacial score (nSPS) is 14.7. The number of β-amino-alcohol motifs (C(OH)–C–C–N with tert-alkyl or cyclic N) is 1. The number of carbonyl (C=O) groups is 1. The summed E-state index contributed by atoms with van der Waals surface area (Å²) in [5, 5.41) is 23.2. The standard InChI is InChI=1S/C34H43FN2O5S/c1-5-25-19-28(30-18-23(10-13-31(30)35)11-15-33(39)40)12-14-32(25)43(41,42)37(4)22-29(38)21-36-34(2,3)20-24-16-26-8-6-7-9-27(26)17-24/h6-10,12-14,18-19,24,29,36,38H,5,11,15-17,20-22H2,1-4H3,(H,39,40). The molecule has 0 bridgehead atoms. The number of fused-ring (bicyclic) bond motifs is 1. The van der Waals surface area contributed by atoms with Crippen molar-refractivity contribution in [1.82, 2.24) is 9.62 Å². The van der Waals surface area contributed by atoms with Crippen LogP contribution in [0.5, 0.6) is 0 Å². The van der Waals surface area contributed by atoms with Gasteiger partial charge in [0.25, 0.3) is 0 Å². The highest BCUT2D eigenvalue weighted by Crippen LogP contribution is 2.32. The molecule has 232 valence electrons. The van der Waals surface area contributed by atoms with Gasteiger partial charge in [-0.1, -0.05) is 43.3 Å². The van der Waals surface area contributed by atoms with Gasteiger partial charge in [-0.25, -0.2) is 12.8 Å². The number of aliphatic hydroxyl groups is 1. The molecule has 1 aliphatic rings. The highest BCUT2D eigenvalue weighted by Gasteiger charge is 2.30. The topological polar surface area (TPSA) is 107 Å². The largest absolute Gasteiger partial charge is 0.481 e. The molecule has 7 nitrogen and oxygen atoms in total.